The Kier molecular flexibility index (Phi) is 4.93. The Bertz CT molecular complexity index is 285. The summed E-state index contributed by atoms with van der Waals surface area (Å²) in [5.74, 6) is -1.01. The van der Waals surface area contributed by atoms with Gasteiger partial charge in [0.25, 0.3) is 0 Å². The Hall–Kier alpha value is -1.10. The zero-order chi connectivity index (χ0) is 12.9. The molecule has 98 valence electrons. The maximum atomic E-state index is 12.4. The number of nitrogens with zero attached hydrogens (tertiary/aromatic N) is 1. The molecule has 1 aliphatic heterocycles. The maximum absolute atomic E-state index is 12.4. The van der Waals surface area contributed by atoms with Crippen molar-refractivity contribution in [2.45, 2.75) is 45.1 Å². The van der Waals surface area contributed by atoms with Crippen LogP contribution in [0.2, 0.25) is 0 Å². The average Bonchev–Trinajstić information content (AvgIpc) is 2.75. The predicted octanol–water partition coefficient (Wildman–Crippen LogP) is 0.842. The lowest BCUT2D eigenvalue weighted by Crippen LogP contribution is -2.55. The summed E-state index contributed by atoms with van der Waals surface area (Å²) in [5, 5.41) is 12.1. The number of likely N-dealkylation sites (N-methyl/N-ethyl adjacent to an activating group) is 1. The summed E-state index contributed by atoms with van der Waals surface area (Å²) < 4.78 is 0. The number of carbonyl (C=O) groups excluding carboxylic acids is 1. The molecule has 1 amide bonds. The minimum absolute atomic E-state index is 0.0539. The fraction of sp³-hybridized carbons (Fsp3) is 0.833. The molecule has 0 bridgehead atoms. The van der Waals surface area contributed by atoms with Gasteiger partial charge >= 0.3 is 5.97 Å². The first-order valence-corrected chi connectivity index (χ1v) is 6.32. The Labute approximate surface area is 102 Å². The lowest BCUT2D eigenvalue weighted by molar-refractivity contribution is -0.147. The number of hydrogen-bond acceptors (Lipinski definition) is 3. The molecule has 1 heterocycles. The highest BCUT2D eigenvalue weighted by Crippen LogP contribution is 2.27. The van der Waals surface area contributed by atoms with E-state index in [1.807, 2.05) is 13.8 Å². The number of hydrogen-bond donors (Lipinski definition) is 2. The molecule has 1 aliphatic rings. The van der Waals surface area contributed by atoms with E-state index in [0.29, 0.717) is 6.54 Å². The molecule has 1 fully saturated rings. The number of carboxylic acid groups (broad SMARTS) is 1. The van der Waals surface area contributed by atoms with Crippen molar-refractivity contribution >= 4 is 11.9 Å². The minimum Gasteiger partial charge on any atom is -0.480 e. The van der Waals surface area contributed by atoms with E-state index in [-0.39, 0.29) is 12.5 Å². The molecule has 5 heteroatoms. The fourth-order valence-corrected chi connectivity index (χ4v) is 2.53. The lowest BCUT2D eigenvalue weighted by Gasteiger charge is -2.33. The summed E-state index contributed by atoms with van der Waals surface area (Å²) in [6.07, 6.45) is 3.50. The van der Waals surface area contributed by atoms with Crippen molar-refractivity contribution in [1.82, 2.24) is 10.2 Å². The van der Waals surface area contributed by atoms with Crippen LogP contribution in [0.25, 0.3) is 0 Å². The number of rotatable bonds is 6. The van der Waals surface area contributed by atoms with Gasteiger partial charge in [-0.1, -0.05) is 13.3 Å². The van der Waals surface area contributed by atoms with E-state index in [0.717, 1.165) is 32.2 Å². The van der Waals surface area contributed by atoms with Crippen LogP contribution in [0.4, 0.5) is 0 Å². The highest BCUT2D eigenvalue weighted by Gasteiger charge is 2.42. The van der Waals surface area contributed by atoms with Crippen molar-refractivity contribution < 1.29 is 14.7 Å². The minimum atomic E-state index is -0.954. The van der Waals surface area contributed by atoms with E-state index < -0.39 is 11.5 Å². The second-order valence-electron chi connectivity index (χ2n) is 4.58. The van der Waals surface area contributed by atoms with E-state index in [4.69, 9.17) is 5.11 Å². The summed E-state index contributed by atoms with van der Waals surface area (Å²) in [6, 6.07) is 0. The molecule has 1 atom stereocenters. The molecular weight excluding hydrogens is 220 g/mol. The van der Waals surface area contributed by atoms with Crippen LogP contribution in [0.5, 0.6) is 0 Å². The Morgan fingerprint density at radius 2 is 2.12 bits per heavy atom. The smallest absolute Gasteiger partial charge is 0.323 e. The van der Waals surface area contributed by atoms with E-state index in [1.54, 1.807) is 0 Å². The van der Waals surface area contributed by atoms with Gasteiger partial charge in [0.05, 0.1) is 5.54 Å². The molecule has 1 saturated heterocycles. The summed E-state index contributed by atoms with van der Waals surface area (Å²) in [5.41, 5.74) is -0.514. The largest absolute Gasteiger partial charge is 0.480 e. The van der Waals surface area contributed by atoms with Crippen molar-refractivity contribution in [1.29, 1.82) is 0 Å². The highest BCUT2D eigenvalue weighted by molar-refractivity contribution is 5.89. The molecule has 5 nitrogen and oxygen atoms in total. The first kappa shape index (κ1) is 14.0. The summed E-state index contributed by atoms with van der Waals surface area (Å²) in [7, 11) is 0. The molecule has 0 aromatic carbocycles. The Morgan fingerprint density at radius 3 is 2.53 bits per heavy atom. The zero-order valence-corrected chi connectivity index (χ0v) is 10.7. The number of amides is 1. The van der Waals surface area contributed by atoms with E-state index in [9.17, 15) is 9.59 Å². The number of aliphatic carboxylic acids is 1. The van der Waals surface area contributed by atoms with Gasteiger partial charge in [-0.2, -0.15) is 0 Å². The molecular formula is C12H22N2O3. The van der Waals surface area contributed by atoms with E-state index >= 15 is 0 Å². The second-order valence-corrected chi connectivity index (χ2v) is 4.58. The van der Waals surface area contributed by atoms with E-state index in [2.05, 4.69) is 5.32 Å². The Morgan fingerprint density at radius 1 is 1.41 bits per heavy atom. The van der Waals surface area contributed by atoms with Gasteiger partial charge < -0.3 is 15.3 Å². The first-order chi connectivity index (χ1) is 8.05. The molecule has 1 unspecified atom stereocenters. The van der Waals surface area contributed by atoms with Crippen molar-refractivity contribution in [2.24, 2.45) is 0 Å². The second kappa shape index (κ2) is 6.00. The number of carboxylic acids is 1. The van der Waals surface area contributed by atoms with Crippen LogP contribution in [-0.2, 0) is 9.59 Å². The van der Waals surface area contributed by atoms with Crippen LogP contribution in [0, 0.1) is 0 Å². The third-order valence-electron chi connectivity index (χ3n) is 3.32. The SMILES string of the molecule is CCCC1(C(=O)N(CC)CC(=O)O)CCCN1. The first-order valence-electron chi connectivity index (χ1n) is 6.32. The van der Waals surface area contributed by atoms with Crippen LogP contribution < -0.4 is 5.32 Å². The van der Waals surface area contributed by atoms with Crippen molar-refractivity contribution in [3.8, 4) is 0 Å². The summed E-state index contributed by atoms with van der Waals surface area (Å²) in [4.78, 5) is 24.6. The van der Waals surface area contributed by atoms with Crippen molar-refractivity contribution in [3.05, 3.63) is 0 Å². The average molecular weight is 242 g/mol. The summed E-state index contributed by atoms with van der Waals surface area (Å²) >= 11 is 0. The van der Waals surface area contributed by atoms with Gasteiger partial charge in [0.1, 0.15) is 6.54 Å². The quantitative estimate of drug-likeness (QED) is 0.724. The van der Waals surface area contributed by atoms with Gasteiger partial charge in [-0.05, 0) is 32.7 Å². The van der Waals surface area contributed by atoms with Gasteiger partial charge in [-0.25, -0.2) is 0 Å². The fourth-order valence-electron chi connectivity index (χ4n) is 2.53. The van der Waals surface area contributed by atoms with Gasteiger partial charge in [-0.3, -0.25) is 9.59 Å². The van der Waals surface area contributed by atoms with Crippen LogP contribution in [0.1, 0.15) is 39.5 Å². The predicted molar refractivity (Wildman–Crippen MR) is 64.8 cm³/mol. The topological polar surface area (TPSA) is 69.6 Å². The zero-order valence-electron chi connectivity index (χ0n) is 10.7. The van der Waals surface area contributed by atoms with Crippen LogP contribution in [-0.4, -0.2) is 47.1 Å². The normalized spacial score (nSPS) is 23.6. The molecule has 0 spiro atoms. The molecule has 2 N–H and O–H groups in total. The Balaban J connectivity index is 2.78. The van der Waals surface area contributed by atoms with Crippen molar-refractivity contribution in [2.75, 3.05) is 19.6 Å². The maximum Gasteiger partial charge on any atom is 0.323 e. The number of carbonyl (C=O) groups is 2. The molecule has 1 rings (SSSR count). The van der Waals surface area contributed by atoms with Gasteiger partial charge in [0.15, 0.2) is 0 Å². The van der Waals surface area contributed by atoms with Crippen molar-refractivity contribution in [3.63, 3.8) is 0 Å². The van der Waals surface area contributed by atoms with E-state index in [1.165, 1.54) is 4.90 Å². The number of nitrogens with one attached hydrogen (secondary N) is 1. The molecule has 0 aliphatic carbocycles. The molecule has 0 aromatic rings. The molecule has 0 saturated carbocycles. The third kappa shape index (κ3) is 3.19. The van der Waals surface area contributed by atoms with Crippen LogP contribution in [0.15, 0.2) is 0 Å². The van der Waals surface area contributed by atoms with Gasteiger partial charge in [0.2, 0.25) is 5.91 Å². The highest BCUT2D eigenvalue weighted by atomic mass is 16.4. The summed E-state index contributed by atoms with van der Waals surface area (Å²) in [6.45, 7) is 4.94. The molecule has 0 aromatic heterocycles. The molecule has 0 radical (unpaired) electrons. The standard InChI is InChI=1S/C12H22N2O3/c1-3-6-12(7-5-8-13-12)11(17)14(4-2)9-10(15)16/h13H,3-9H2,1-2H3,(H,15,16). The van der Waals surface area contributed by atoms with Gasteiger partial charge in [-0.15, -0.1) is 0 Å². The lowest BCUT2D eigenvalue weighted by atomic mass is 9.90. The van der Waals surface area contributed by atoms with Crippen LogP contribution >= 0.6 is 0 Å². The monoisotopic (exact) mass is 242 g/mol. The van der Waals surface area contributed by atoms with Gasteiger partial charge in [0, 0.05) is 6.54 Å². The van der Waals surface area contributed by atoms with Crippen LogP contribution in [0.3, 0.4) is 0 Å². The molecule has 17 heavy (non-hydrogen) atoms. The third-order valence-corrected chi connectivity index (χ3v) is 3.32.